The zero-order valence-electron chi connectivity index (χ0n) is 14.7. The minimum Gasteiger partial charge on any atom is -0.376 e. The largest absolute Gasteiger partial charge is 0.376 e. The molecular formula is C20H25N3O2. The van der Waals surface area contributed by atoms with E-state index in [0.29, 0.717) is 0 Å². The molecule has 1 aliphatic heterocycles. The van der Waals surface area contributed by atoms with E-state index in [-0.39, 0.29) is 24.2 Å². The van der Waals surface area contributed by atoms with Gasteiger partial charge in [0.1, 0.15) is 0 Å². The molecule has 0 aliphatic carbocycles. The summed E-state index contributed by atoms with van der Waals surface area (Å²) in [4.78, 5) is 16.3. The van der Waals surface area contributed by atoms with Crippen LogP contribution in [0.15, 0.2) is 48.8 Å². The van der Waals surface area contributed by atoms with Crippen LogP contribution in [0.25, 0.3) is 11.1 Å². The van der Waals surface area contributed by atoms with Crippen LogP contribution in [0.1, 0.15) is 38.3 Å². The highest BCUT2D eigenvalue weighted by Crippen LogP contribution is 2.21. The second-order valence-corrected chi connectivity index (χ2v) is 6.54. The number of pyridine rings is 1. The predicted molar refractivity (Wildman–Crippen MR) is 98.2 cm³/mol. The molecule has 0 spiro atoms. The number of hydrogen-bond donors (Lipinski definition) is 2. The summed E-state index contributed by atoms with van der Waals surface area (Å²) in [6, 6.07) is 11.9. The smallest absolute Gasteiger partial charge is 0.315 e. The number of carbonyl (C=O) groups excluding carboxylic acids is 1. The molecule has 0 radical (unpaired) electrons. The lowest BCUT2D eigenvalue weighted by Gasteiger charge is -2.22. The van der Waals surface area contributed by atoms with Crippen LogP contribution >= 0.6 is 0 Å². The summed E-state index contributed by atoms with van der Waals surface area (Å²) in [7, 11) is 0. The van der Waals surface area contributed by atoms with Gasteiger partial charge in [-0.1, -0.05) is 30.3 Å². The van der Waals surface area contributed by atoms with E-state index in [1.54, 1.807) is 6.20 Å². The molecule has 2 N–H and O–H groups in total. The Balaban J connectivity index is 1.55. The Kier molecular flexibility index (Phi) is 5.66. The number of aromatic nitrogens is 1. The molecule has 2 amide bonds. The molecule has 5 nitrogen and oxygen atoms in total. The maximum atomic E-state index is 12.2. The SMILES string of the molecule is C[C@H](NC(=O)N[C@H](C)[C@H]1CCCO1)c1ccc(-c2cccnc2)cc1. The number of urea groups is 1. The molecule has 0 bridgehead atoms. The van der Waals surface area contributed by atoms with E-state index in [1.807, 2.05) is 44.3 Å². The van der Waals surface area contributed by atoms with E-state index in [9.17, 15) is 4.79 Å². The van der Waals surface area contributed by atoms with Crippen molar-refractivity contribution < 1.29 is 9.53 Å². The van der Waals surface area contributed by atoms with Crippen LogP contribution in [0.4, 0.5) is 4.79 Å². The number of benzene rings is 1. The van der Waals surface area contributed by atoms with E-state index in [2.05, 4.69) is 27.8 Å². The van der Waals surface area contributed by atoms with Gasteiger partial charge in [-0.05, 0) is 49.4 Å². The summed E-state index contributed by atoms with van der Waals surface area (Å²) < 4.78 is 5.61. The van der Waals surface area contributed by atoms with Gasteiger partial charge in [-0.25, -0.2) is 4.79 Å². The van der Waals surface area contributed by atoms with Gasteiger partial charge in [0.15, 0.2) is 0 Å². The van der Waals surface area contributed by atoms with Crippen LogP contribution in [0.3, 0.4) is 0 Å². The van der Waals surface area contributed by atoms with Gasteiger partial charge >= 0.3 is 6.03 Å². The second kappa shape index (κ2) is 8.12. The topological polar surface area (TPSA) is 63.2 Å². The number of amides is 2. The number of ether oxygens (including phenoxy) is 1. The van der Waals surface area contributed by atoms with Crippen molar-refractivity contribution in [3.8, 4) is 11.1 Å². The summed E-state index contributed by atoms with van der Waals surface area (Å²) in [5.74, 6) is 0. The Labute approximate surface area is 148 Å². The molecule has 132 valence electrons. The minimum atomic E-state index is -0.160. The normalized spacial score (nSPS) is 19.2. The Bertz CT molecular complexity index is 682. The summed E-state index contributed by atoms with van der Waals surface area (Å²) in [5.41, 5.74) is 3.26. The van der Waals surface area contributed by atoms with Gasteiger partial charge in [0.2, 0.25) is 0 Å². The van der Waals surface area contributed by atoms with Gasteiger partial charge in [0, 0.05) is 19.0 Å². The average Bonchev–Trinajstić information content (AvgIpc) is 3.17. The lowest BCUT2D eigenvalue weighted by Crippen LogP contribution is -2.46. The first-order chi connectivity index (χ1) is 12.1. The summed E-state index contributed by atoms with van der Waals surface area (Å²) in [6.07, 6.45) is 5.81. The molecule has 25 heavy (non-hydrogen) atoms. The highest BCUT2D eigenvalue weighted by molar-refractivity contribution is 5.74. The highest BCUT2D eigenvalue weighted by Gasteiger charge is 2.24. The van der Waals surface area contributed by atoms with E-state index in [4.69, 9.17) is 4.74 Å². The first kappa shape index (κ1) is 17.4. The van der Waals surface area contributed by atoms with Gasteiger partial charge in [0.05, 0.1) is 18.2 Å². The number of carbonyl (C=O) groups is 1. The summed E-state index contributed by atoms with van der Waals surface area (Å²) in [5, 5.41) is 5.97. The average molecular weight is 339 g/mol. The standard InChI is InChI=1S/C20H25N3O2/c1-14(22-20(24)23-15(2)19-6-4-12-25-19)16-7-9-17(10-8-16)18-5-3-11-21-13-18/h3,5,7-11,13-15,19H,4,6,12H2,1-2H3,(H2,22,23,24)/t14-,15+,19+/m0/s1. The maximum Gasteiger partial charge on any atom is 0.315 e. The van der Waals surface area contributed by atoms with Crippen molar-refractivity contribution in [3.63, 3.8) is 0 Å². The number of hydrogen-bond acceptors (Lipinski definition) is 3. The monoisotopic (exact) mass is 339 g/mol. The third-order valence-electron chi connectivity index (χ3n) is 4.63. The van der Waals surface area contributed by atoms with Gasteiger partial charge in [-0.3, -0.25) is 4.98 Å². The molecule has 1 fully saturated rings. The van der Waals surface area contributed by atoms with Gasteiger partial charge in [-0.15, -0.1) is 0 Å². The molecule has 2 heterocycles. The van der Waals surface area contributed by atoms with Crippen LogP contribution < -0.4 is 10.6 Å². The van der Waals surface area contributed by atoms with Crippen LogP contribution in [-0.2, 0) is 4.74 Å². The fourth-order valence-electron chi connectivity index (χ4n) is 3.12. The fourth-order valence-corrected chi connectivity index (χ4v) is 3.12. The summed E-state index contributed by atoms with van der Waals surface area (Å²) in [6.45, 7) is 4.76. The van der Waals surface area contributed by atoms with E-state index in [1.165, 1.54) is 0 Å². The van der Waals surface area contributed by atoms with Crippen molar-refractivity contribution in [1.29, 1.82) is 0 Å². The molecule has 1 aromatic heterocycles. The lowest BCUT2D eigenvalue weighted by molar-refractivity contribution is 0.0859. The highest BCUT2D eigenvalue weighted by atomic mass is 16.5. The molecule has 0 saturated carbocycles. The third-order valence-corrected chi connectivity index (χ3v) is 4.63. The second-order valence-electron chi connectivity index (χ2n) is 6.54. The van der Waals surface area contributed by atoms with Crippen molar-refractivity contribution in [2.75, 3.05) is 6.61 Å². The molecule has 3 atom stereocenters. The first-order valence-corrected chi connectivity index (χ1v) is 8.82. The van der Waals surface area contributed by atoms with E-state index in [0.717, 1.165) is 36.1 Å². The number of nitrogens with zero attached hydrogens (tertiary/aromatic N) is 1. The Morgan fingerprint density at radius 3 is 2.60 bits per heavy atom. The quantitative estimate of drug-likeness (QED) is 0.873. The fraction of sp³-hybridized carbons (Fsp3) is 0.400. The van der Waals surface area contributed by atoms with Crippen molar-refractivity contribution >= 4 is 6.03 Å². The Morgan fingerprint density at radius 2 is 1.96 bits per heavy atom. The Morgan fingerprint density at radius 1 is 1.16 bits per heavy atom. The third kappa shape index (κ3) is 4.57. The van der Waals surface area contributed by atoms with Crippen LogP contribution in [0, 0.1) is 0 Å². The van der Waals surface area contributed by atoms with E-state index < -0.39 is 0 Å². The Hall–Kier alpha value is -2.40. The first-order valence-electron chi connectivity index (χ1n) is 8.82. The molecule has 5 heteroatoms. The molecule has 3 rings (SSSR count). The minimum absolute atomic E-state index is 0.0163. The van der Waals surface area contributed by atoms with Crippen molar-refractivity contribution in [2.45, 2.75) is 44.9 Å². The molecule has 1 aromatic carbocycles. The van der Waals surface area contributed by atoms with E-state index >= 15 is 0 Å². The van der Waals surface area contributed by atoms with Crippen molar-refractivity contribution in [3.05, 3.63) is 54.4 Å². The van der Waals surface area contributed by atoms with Crippen molar-refractivity contribution in [2.24, 2.45) is 0 Å². The number of nitrogens with one attached hydrogen (secondary N) is 2. The maximum absolute atomic E-state index is 12.2. The van der Waals surface area contributed by atoms with Crippen LogP contribution in [-0.4, -0.2) is 29.8 Å². The molecule has 1 aliphatic rings. The molecular weight excluding hydrogens is 314 g/mol. The molecule has 0 unspecified atom stereocenters. The lowest BCUT2D eigenvalue weighted by atomic mass is 10.0. The van der Waals surface area contributed by atoms with Gasteiger partial charge in [-0.2, -0.15) is 0 Å². The summed E-state index contributed by atoms with van der Waals surface area (Å²) >= 11 is 0. The predicted octanol–water partition coefficient (Wildman–Crippen LogP) is 3.68. The van der Waals surface area contributed by atoms with Crippen molar-refractivity contribution in [1.82, 2.24) is 15.6 Å². The van der Waals surface area contributed by atoms with Gasteiger partial charge < -0.3 is 15.4 Å². The molecule has 1 saturated heterocycles. The van der Waals surface area contributed by atoms with Crippen LogP contribution in [0.2, 0.25) is 0 Å². The molecule has 2 aromatic rings. The number of rotatable bonds is 5. The zero-order chi connectivity index (χ0) is 17.6. The zero-order valence-corrected chi connectivity index (χ0v) is 14.7. The van der Waals surface area contributed by atoms with Crippen LogP contribution in [0.5, 0.6) is 0 Å². The van der Waals surface area contributed by atoms with Gasteiger partial charge in [0.25, 0.3) is 0 Å².